The highest BCUT2D eigenvalue weighted by molar-refractivity contribution is 5.95. The summed E-state index contributed by atoms with van der Waals surface area (Å²) in [5.74, 6) is 0.591. The summed E-state index contributed by atoms with van der Waals surface area (Å²) in [5.41, 5.74) is -0.000301. The Hall–Kier alpha value is -0.990. The van der Waals surface area contributed by atoms with Crippen LogP contribution in [0, 0.1) is 5.41 Å². The summed E-state index contributed by atoms with van der Waals surface area (Å²) in [6.45, 7) is 7.80. The summed E-state index contributed by atoms with van der Waals surface area (Å²) in [7, 11) is 0. The largest absolute Gasteiger partial charge is 0.453 e. The van der Waals surface area contributed by atoms with Gasteiger partial charge >= 0.3 is 0 Å². The van der Waals surface area contributed by atoms with Gasteiger partial charge in [0.05, 0.1) is 0 Å². The molecule has 2 aliphatic rings. The van der Waals surface area contributed by atoms with Crippen molar-refractivity contribution >= 4 is 5.78 Å². The van der Waals surface area contributed by atoms with E-state index < -0.39 is 5.79 Å². The second-order valence-electron chi connectivity index (χ2n) is 5.30. The van der Waals surface area contributed by atoms with Crippen molar-refractivity contribution in [2.75, 3.05) is 0 Å². The van der Waals surface area contributed by atoms with Crippen molar-refractivity contribution in [2.24, 2.45) is 5.41 Å². The zero-order valence-corrected chi connectivity index (χ0v) is 9.14. The van der Waals surface area contributed by atoms with E-state index in [0.717, 1.165) is 12.2 Å². The van der Waals surface area contributed by atoms with Gasteiger partial charge in [-0.15, -0.1) is 0 Å². The van der Waals surface area contributed by atoms with Gasteiger partial charge in [-0.25, -0.2) is 0 Å². The van der Waals surface area contributed by atoms with Gasteiger partial charge in [0.2, 0.25) is 17.3 Å². The van der Waals surface area contributed by atoms with Crippen LogP contribution in [0.4, 0.5) is 0 Å². The highest BCUT2D eigenvalue weighted by Crippen LogP contribution is 2.44. The van der Waals surface area contributed by atoms with Crippen molar-refractivity contribution in [3.05, 3.63) is 11.5 Å². The fourth-order valence-electron chi connectivity index (χ4n) is 2.01. The van der Waals surface area contributed by atoms with E-state index in [1.165, 1.54) is 0 Å². The van der Waals surface area contributed by atoms with E-state index in [0.29, 0.717) is 12.2 Å². The Balaban J connectivity index is 2.30. The molecule has 2 rings (SSSR count). The number of carbonyl (C=O) groups excluding carboxylic acids is 1. The minimum Gasteiger partial charge on any atom is -0.453 e. The smallest absolute Gasteiger partial charge is 0.245 e. The van der Waals surface area contributed by atoms with E-state index in [2.05, 4.69) is 13.8 Å². The molecule has 0 atom stereocenters. The fourth-order valence-corrected chi connectivity index (χ4v) is 2.01. The van der Waals surface area contributed by atoms with E-state index in [9.17, 15) is 4.79 Å². The van der Waals surface area contributed by atoms with Crippen LogP contribution in [-0.4, -0.2) is 11.6 Å². The van der Waals surface area contributed by atoms with Crippen LogP contribution < -0.4 is 0 Å². The molecule has 0 aromatic heterocycles. The third kappa shape index (κ3) is 1.51. The van der Waals surface area contributed by atoms with Gasteiger partial charge < -0.3 is 9.47 Å². The first-order chi connectivity index (χ1) is 6.29. The molecule has 0 bridgehead atoms. The normalized spacial score (nSPS) is 28.1. The lowest BCUT2D eigenvalue weighted by Crippen LogP contribution is -2.24. The van der Waals surface area contributed by atoms with Crippen LogP contribution in [0.3, 0.4) is 0 Å². The van der Waals surface area contributed by atoms with Crippen molar-refractivity contribution in [3.8, 4) is 0 Å². The molecule has 0 aromatic rings. The predicted octanol–water partition coefficient (Wildman–Crippen LogP) is 2.37. The molecule has 0 aromatic carbocycles. The molecule has 1 heterocycles. The Morgan fingerprint density at radius 1 is 1.07 bits per heavy atom. The molecule has 0 unspecified atom stereocenters. The molecule has 0 saturated heterocycles. The second-order valence-corrected chi connectivity index (χ2v) is 5.30. The van der Waals surface area contributed by atoms with Crippen LogP contribution in [-0.2, 0) is 14.3 Å². The fraction of sp³-hybridized carbons (Fsp3) is 0.727. The number of ketones is 1. The molecule has 3 nitrogen and oxygen atoms in total. The lowest BCUT2D eigenvalue weighted by Gasteiger charge is -2.26. The molecule has 0 spiro atoms. The molecular formula is C11H16O3. The highest BCUT2D eigenvalue weighted by atomic mass is 16.7. The molecule has 78 valence electrons. The number of Topliss-reactive ketones (excluding diaryl/α,β-unsaturated/α-hetero) is 1. The predicted molar refractivity (Wildman–Crippen MR) is 51.3 cm³/mol. The Kier molecular flexibility index (Phi) is 1.72. The maximum absolute atomic E-state index is 11.7. The van der Waals surface area contributed by atoms with Gasteiger partial charge in [-0.2, -0.15) is 0 Å². The standard InChI is InChI=1S/C11H16O3/c1-10(2)5-7(12)9-8(6-10)13-11(3,4)14-9/h5-6H2,1-4H3. The molecule has 0 radical (unpaired) electrons. The van der Waals surface area contributed by atoms with E-state index in [-0.39, 0.29) is 11.2 Å². The molecule has 0 fully saturated rings. The summed E-state index contributed by atoms with van der Waals surface area (Å²) >= 11 is 0. The second kappa shape index (κ2) is 2.53. The lowest BCUT2D eigenvalue weighted by molar-refractivity contribution is -0.136. The van der Waals surface area contributed by atoms with Gasteiger partial charge in [0.25, 0.3) is 0 Å². The average molecular weight is 196 g/mol. The van der Waals surface area contributed by atoms with Gasteiger partial charge in [-0.05, 0) is 5.41 Å². The zero-order chi connectivity index (χ0) is 10.6. The molecule has 1 aliphatic carbocycles. The minimum absolute atomic E-state index is 0.000301. The molecule has 0 amide bonds. The molecule has 1 aliphatic heterocycles. The number of hydrogen-bond acceptors (Lipinski definition) is 3. The van der Waals surface area contributed by atoms with E-state index in [4.69, 9.17) is 9.47 Å². The van der Waals surface area contributed by atoms with Crippen molar-refractivity contribution in [1.29, 1.82) is 0 Å². The molecular weight excluding hydrogens is 180 g/mol. The Labute approximate surface area is 84.1 Å². The summed E-state index contributed by atoms with van der Waals surface area (Å²) in [6, 6.07) is 0. The van der Waals surface area contributed by atoms with Crippen LogP contribution in [0.15, 0.2) is 11.5 Å². The Morgan fingerprint density at radius 2 is 1.71 bits per heavy atom. The van der Waals surface area contributed by atoms with Crippen molar-refractivity contribution in [2.45, 2.75) is 46.3 Å². The Morgan fingerprint density at radius 3 is 2.36 bits per heavy atom. The third-order valence-corrected chi connectivity index (χ3v) is 2.50. The Bertz CT molecular complexity index is 323. The van der Waals surface area contributed by atoms with Crippen LogP contribution in [0.1, 0.15) is 40.5 Å². The van der Waals surface area contributed by atoms with Crippen molar-refractivity contribution < 1.29 is 14.3 Å². The SMILES string of the molecule is CC1(C)CC(=O)C2=C(C1)OC(C)(C)O2. The van der Waals surface area contributed by atoms with Gasteiger partial charge in [0.15, 0.2) is 0 Å². The van der Waals surface area contributed by atoms with Crippen LogP contribution >= 0.6 is 0 Å². The minimum atomic E-state index is -0.666. The number of allylic oxidation sites excluding steroid dienone is 2. The number of carbonyl (C=O) groups is 1. The highest BCUT2D eigenvalue weighted by Gasteiger charge is 2.44. The topological polar surface area (TPSA) is 35.5 Å². The maximum atomic E-state index is 11.7. The first-order valence-corrected chi connectivity index (χ1v) is 4.93. The first kappa shape index (κ1) is 9.56. The molecule has 0 saturated carbocycles. The van der Waals surface area contributed by atoms with Crippen molar-refractivity contribution in [1.82, 2.24) is 0 Å². The molecule has 14 heavy (non-hydrogen) atoms. The van der Waals surface area contributed by atoms with E-state index in [1.54, 1.807) is 0 Å². The summed E-state index contributed by atoms with van der Waals surface area (Å²) < 4.78 is 11.1. The number of hydrogen-bond donors (Lipinski definition) is 0. The zero-order valence-electron chi connectivity index (χ0n) is 9.14. The van der Waals surface area contributed by atoms with Gasteiger partial charge in [0.1, 0.15) is 5.76 Å². The first-order valence-electron chi connectivity index (χ1n) is 4.93. The van der Waals surface area contributed by atoms with Crippen molar-refractivity contribution in [3.63, 3.8) is 0 Å². The van der Waals surface area contributed by atoms with E-state index in [1.807, 2.05) is 13.8 Å². The average Bonchev–Trinajstić information content (AvgIpc) is 2.21. The van der Waals surface area contributed by atoms with Gasteiger partial charge in [-0.1, -0.05) is 13.8 Å². The summed E-state index contributed by atoms with van der Waals surface area (Å²) in [4.78, 5) is 11.7. The molecule has 3 heteroatoms. The van der Waals surface area contributed by atoms with Gasteiger partial charge in [0, 0.05) is 26.7 Å². The van der Waals surface area contributed by atoms with Crippen LogP contribution in [0.5, 0.6) is 0 Å². The maximum Gasteiger partial charge on any atom is 0.245 e. The number of ether oxygens (including phenoxy) is 2. The summed E-state index contributed by atoms with van der Waals surface area (Å²) in [5, 5.41) is 0. The lowest BCUT2D eigenvalue weighted by atomic mass is 9.79. The quantitative estimate of drug-likeness (QED) is 0.596. The van der Waals surface area contributed by atoms with Crippen LogP contribution in [0.25, 0.3) is 0 Å². The monoisotopic (exact) mass is 196 g/mol. The van der Waals surface area contributed by atoms with E-state index >= 15 is 0 Å². The van der Waals surface area contributed by atoms with Gasteiger partial charge in [-0.3, -0.25) is 4.79 Å². The molecule has 0 N–H and O–H groups in total. The third-order valence-electron chi connectivity index (χ3n) is 2.50. The summed E-state index contributed by atoms with van der Waals surface area (Å²) in [6.07, 6.45) is 1.34. The van der Waals surface area contributed by atoms with Crippen LogP contribution in [0.2, 0.25) is 0 Å². The number of rotatable bonds is 0.